The summed E-state index contributed by atoms with van der Waals surface area (Å²) < 4.78 is 5.87. The van der Waals surface area contributed by atoms with Crippen LogP contribution in [0.1, 0.15) is 45.2 Å². The van der Waals surface area contributed by atoms with Gasteiger partial charge in [0.2, 0.25) is 0 Å². The third kappa shape index (κ3) is 4.17. The molecule has 3 nitrogen and oxygen atoms in total. The van der Waals surface area contributed by atoms with Crippen LogP contribution in [0.25, 0.3) is 0 Å². The number of allylic oxidation sites excluding steroid dienone is 5. The number of fused-ring (bicyclic) bond motifs is 2. The van der Waals surface area contributed by atoms with E-state index < -0.39 is 0 Å². The molecule has 1 aliphatic heterocycles. The zero-order valence-electron chi connectivity index (χ0n) is 14.9. The highest BCUT2D eigenvalue weighted by Gasteiger charge is 2.29. The smallest absolute Gasteiger partial charge is 0.135 e. The Labute approximate surface area is 156 Å². The molecule has 2 aromatic rings. The monoisotopic (exact) mass is 352 g/mol. The number of hydrogen-bond acceptors (Lipinski definition) is 3. The predicted molar refractivity (Wildman–Crippen MR) is 109 cm³/mol. The Kier molecular flexibility index (Phi) is 7.73. The first-order valence-electron chi connectivity index (χ1n) is 8.43. The summed E-state index contributed by atoms with van der Waals surface area (Å²) in [5.41, 5.74) is 2.93. The van der Waals surface area contributed by atoms with Crippen LogP contribution in [0.3, 0.4) is 0 Å². The summed E-state index contributed by atoms with van der Waals surface area (Å²) in [6, 6.07) is 10.2. The molecule has 0 fully saturated rings. The molecule has 0 aliphatic carbocycles. The summed E-state index contributed by atoms with van der Waals surface area (Å²) in [7, 11) is 0. The van der Waals surface area contributed by atoms with Gasteiger partial charge in [-0.1, -0.05) is 64.3 Å². The summed E-state index contributed by atoms with van der Waals surface area (Å²) >= 11 is 0. The van der Waals surface area contributed by atoms with Crippen molar-refractivity contribution in [1.82, 2.24) is 0 Å². The van der Waals surface area contributed by atoms with Crippen LogP contribution in [0.2, 0.25) is 0 Å². The van der Waals surface area contributed by atoms with E-state index in [1.165, 1.54) is 0 Å². The normalized spacial score (nSPS) is 12.8. The zero-order chi connectivity index (χ0) is 18.4. The van der Waals surface area contributed by atoms with Crippen molar-refractivity contribution in [3.8, 4) is 23.0 Å². The fraction of sp³-hybridized carbons (Fsp3) is 0.217. The van der Waals surface area contributed by atoms with Crippen molar-refractivity contribution in [2.24, 2.45) is 0 Å². The number of ether oxygens (including phenoxy) is 1. The van der Waals surface area contributed by atoms with Gasteiger partial charge in [0.15, 0.2) is 0 Å². The highest BCUT2D eigenvalue weighted by molar-refractivity contribution is 5.61. The van der Waals surface area contributed by atoms with Gasteiger partial charge in [0.05, 0.1) is 0 Å². The SMILES string of the molecule is C.C=C/C(=C\C=C/C)C1c2ccc(O)cc2Oc2cc(O)ccc21.CC. The van der Waals surface area contributed by atoms with Gasteiger partial charge in [-0.05, 0) is 24.6 Å². The fourth-order valence-corrected chi connectivity index (χ4v) is 2.83. The lowest BCUT2D eigenvalue weighted by atomic mass is 9.82. The molecule has 138 valence electrons. The number of hydrogen-bond donors (Lipinski definition) is 2. The minimum absolute atomic E-state index is 0. The average Bonchev–Trinajstić information content (AvgIpc) is 2.62. The fourth-order valence-electron chi connectivity index (χ4n) is 2.83. The molecule has 0 radical (unpaired) electrons. The molecular formula is C23H28O3. The van der Waals surface area contributed by atoms with Crippen molar-refractivity contribution in [2.45, 2.75) is 34.1 Å². The van der Waals surface area contributed by atoms with E-state index in [2.05, 4.69) is 6.58 Å². The number of rotatable bonds is 3. The quantitative estimate of drug-likeness (QED) is 0.605. The Morgan fingerprint density at radius 2 is 1.50 bits per heavy atom. The molecule has 0 saturated carbocycles. The third-order valence-electron chi connectivity index (χ3n) is 3.89. The number of aromatic hydroxyl groups is 2. The highest BCUT2D eigenvalue weighted by atomic mass is 16.5. The molecule has 0 spiro atoms. The van der Waals surface area contributed by atoms with Gasteiger partial charge in [0.1, 0.15) is 23.0 Å². The summed E-state index contributed by atoms with van der Waals surface area (Å²) in [5, 5.41) is 19.5. The molecule has 26 heavy (non-hydrogen) atoms. The van der Waals surface area contributed by atoms with Gasteiger partial charge in [-0.25, -0.2) is 0 Å². The highest BCUT2D eigenvalue weighted by Crippen LogP contribution is 2.49. The average molecular weight is 352 g/mol. The Balaban J connectivity index is 0.00000109. The van der Waals surface area contributed by atoms with Crippen molar-refractivity contribution in [2.75, 3.05) is 0 Å². The van der Waals surface area contributed by atoms with Crippen molar-refractivity contribution >= 4 is 0 Å². The molecule has 2 aromatic carbocycles. The second-order valence-corrected chi connectivity index (χ2v) is 5.38. The first-order valence-corrected chi connectivity index (χ1v) is 8.43. The molecular weight excluding hydrogens is 324 g/mol. The van der Waals surface area contributed by atoms with Crippen molar-refractivity contribution in [1.29, 1.82) is 0 Å². The van der Waals surface area contributed by atoms with Gasteiger partial charge in [-0.15, -0.1) is 0 Å². The van der Waals surface area contributed by atoms with Crippen molar-refractivity contribution < 1.29 is 14.9 Å². The van der Waals surface area contributed by atoms with E-state index in [0.29, 0.717) is 11.5 Å². The van der Waals surface area contributed by atoms with Gasteiger partial charge >= 0.3 is 0 Å². The van der Waals surface area contributed by atoms with Crippen molar-refractivity contribution in [3.63, 3.8) is 0 Å². The van der Waals surface area contributed by atoms with E-state index >= 15 is 0 Å². The largest absolute Gasteiger partial charge is 0.508 e. The summed E-state index contributed by atoms with van der Waals surface area (Å²) in [5.74, 6) is 1.39. The van der Waals surface area contributed by atoms with Crippen LogP contribution in [0, 0.1) is 0 Å². The van der Waals surface area contributed by atoms with Gasteiger partial charge in [-0.2, -0.15) is 0 Å². The topological polar surface area (TPSA) is 49.7 Å². The van der Waals surface area contributed by atoms with E-state index in [9.17, 15) is 10.2 Å². The first kappa shape index (κ1) is 21.1. The first-order chi connectivity index (χ1) is 12.1. The maximum Gasteiger partial charge on any atom is 0.135 e. The molecule has 3 heteroatoms. The van der Waals surface area contributed by atoms with Crippen LogP contribution in [0.4, 0.5) is 0 Å². The second-order valence-electron chi connectivity index (χ2n) is 5.38. The molecule has 0 aromatic heterocycles. The van der Waals surface area contributed by atoms with Crippen LogP contribution in [0.15, 0.2) is 72.9 Å². The molecule has 3 rings (SSSR count). The molecule has 0 atom stereocenters. The van der Waals surface area contributed by atoms with Gasteiger partial charge in [-0.3, -0.25) is 0 Å². The number of phenols is 2. The van der Waals surface area contributed by atoms with E-state index in [1.807, 2.05) is 57.2 Å². The Hall–Kier alpha value is -2.94. The Morgan fingerprint density at radius 3 is 1.92 bits per heavy atom. The molecule has 0 saturated heterocycles. The van der Waals surface area contributed by atoms with Crippen LogP contribution in [-0.2, 0) is 0 Å². The molecule has 1 heterocycles. The van der Waals surface area contributed by atoms with Gasteiger partial charge in [0, 0.05) is 29.2 Å². The molecule has 0 unspecified atom stereocenters. The molecule has 2 N–H and O–H groups in total. The Bertz CT molecular complexity index is 765. The summed E-state index contributed by atoms with van der Waals surface area (Å²) in [6.07, 6.45) is 7.75. The van der Waals surface area contributed by atoms with E-state index in [0.717, 1.165) is 16.7 Å². The molecule has 0 amide bonds. The standard InChI is InChI=1S/C20H18O3.C2H6.CH4/c1-3-5-6-13(4-2)20-16-9-7-14(21)11-18(16)23-19-12-15(22)8-10-17(19)20;1-2;/h3-12,20-22H,2H2,1H3;1-2H3;1H4/b5-3-,13-6+;;. The second kappa shape index (κ2) is 9.52. The van der Waals surface area contributed by atoms with Crippen LogP contribution in [0.5, 0.6) is 23.0 Å². The van der Waals surface area contributed by atoms with E-state index in [1.54, 1.807) is 24.3 Å². The maximum absolute atomic E-state index is 9.74. The lowest BCUT2D eigenvalue weighted by Gasteiger charge is -2.29. The van der Waals surface area contributed by atoms with E-state index in [-0.39, 0.29) is 24.8 Å². The minimum Gasteiger partial charge on any atom is -0.508 e. The van der Waals surface area contributed by atoms with E-state index in [4.69, 9.17) is 4.74 Å². The summed E-state index contributed by atoms with van der Waals surface area (Å²) in [6.45, 7) is 9.89. The van der Waals surface area contributed by atoms with Gasteiger partial charge < -0.3 is 14.9 Å². The molecule has 1 aliphatic rings. The lowest BCUT2D eigenvalue weighted by molar-refractivity contribution is 0.428. The number of benzene rings is 2. The minimum atomic E-state index is -0.0661. The molecule has 0 bridgehead atoms. The van der Waals surface area contributed by atoms with Crippen LogP contribution in [-0.4, -0.2) is 10.2 Å². The van der Waals surface area contributed by atoms with Crippen LogP contribution < -0.4 is 4.74 Å². The number of phenolic OH excluding ortho intramolecular Hbond substituents is 2. The zero-order valence-corrected chi connectivity index (χ0v) is 14.9. The Morgan fingerprint density at radius 1 is 1.00 bits per heavy atom. The predicted octanol–water partition coefficient (Wildman–Crippen LogP) is 6.69. The van der Waals surface area contributed by atoms with Crippen molar-refractivity contribution in [3.05, 3.63) is 84.0 Å². The van der Waals surface area contributed by atoms with Crippen LogP contribution >= 0.6 is 0 Å². The lowest BCUT2D eigenvalue weighted by Crippen LogP contribution is -2.11. The van der Waals surface area contributed by atoms with Gasteiger partial charge in [0.25, 0.3) is 0 Å². The maximum atomic E-state index is 9.74. The third-order valence-corrected chi connectivity index (χ3v) is 3.89. The summed E-state index contributed by atoms with van der Waals surface area (Å²) in [4.78, 5) is 0.